The van der Waals surface area contributed by atoms with E-state index in [1.165, 1.54) is 25.1 Å². The Balaban J connectivity index is 2.12. The number of hydrogen-bond donors (Lipinski definition) is 3. The molecule has 0 saturated carbocycles. The van der Waals surface area contributed by atoms with Gasteiger partial charge in [-0.05, 0) is 35.4 Å². The molecule has 0 fully saturated rings. The smallest absolute Gasteiger partial charge is 0.243 e. The van der Waals surface area contributed by atoms with Crippen molar-refractivity contribution in [2.75, 3.05) is 0 Å². The van der Waals surface area contributed by atoms with Gasteiger partial charge in [0, 0.05) is 24.8 Å². The fourth-order valence-corrected chi connectivity index (χ4v) is 2.83. The molecule has 6 nitrogen and oxygen atoms in total. The van der Waals surface area contributed by atoms with E-state index in [1.807, 2.05) is 0 Å². The summed E-state index contributed by atoms with van der Waals surface area (Å²) in [4.78, 5) is 36.0. The Labute approximate surface area is 167 Å². The van der Waals surface area contributed by atoms with Crippen LogP contribution in [0.1, 0.15) is 18.1 Å². The van der Waals surface area contributed by atoms with Gasteiger partial charge in [-0.1, -0.05) is 35.9 Å². The van der Waals surface area contributed by atoms with Crippen LogP contribution in [0.4, 0.5) is 4.39 Å². The van der Waals surface area contributed by atoms with E-state index in [2.05, 4.69) is 10.6 Å². The Bertz CT molecular complexity index is 858. The lowest BCUT2D eigenvalue weighted by atomic mass is 10.0. The minimum Gasteiger partial charge on any atom is -0.368 e. The third-order valence-corrected chi connectivity index (χ3v) is 4.29. The van der Waals surface area contributed by atoms with Crippen molar-refractivity contribution < 1.29 is 18.8 Å². The molecule has 0 aromatic heterocycles. The van der Waals surface area contributed by atoms with Gasteiger partial charge in [-0.15, -0.1) is 0 Å². The van der Waals surface area contributed by atoms with Gasteiger partial charge in [-0.3, -0.25) is 14.4 Å². The molecule has 2 aromatic carbocycles. The van der Waals surface area contributed by atoms with Crippen molar-refractivity contribution in [1.82, 2.24) is 10.6 Å². The van der Waals surface area contributed by atoms with Crippen LogP contribution in [0.15, 0.2) is 48.5 Å². The molecule has 2 aromatic rings. The highest BCUT2D eigenvalue weighted by molar-refractivity contribution is 6.30. The van der Waals surface area contributed by atoms with Crippen molar-refractivity contribution in [3.8, 4) is 0 Å². The standard InChI is InChI=1S/C20H21ClFN3O3/c1-12(26)24-18(11-14-3-2-4-16(22)9-14)20(28)25-17(19(23)27)10-13-5-7-15(21)8-6-13/h2-9,17-18H,10-11H2,1H3,(H2,23,27)(H,24,26)(H,25,28)/t17-,18+/m0/s1. The zero-order valence-corrected chi connectivity index (χ0v) is 16.0. The van der Waals surface area contributed by atoms with Crippen molar-refractivity contribution in [3.63, 3.8) is 0 Å². The molecule has 8 heteroatoms. The monoisotopic (exact) mass is 405 g/mol. The predicted molar refractivity (Wildman–Crippen MR) is 104 cm³/mol. The average Bonchev–Trinajstić information content (AvgIpc) is 2.62. The van der Waals surface area contributed by atoms with E-state index in [0.717, 1.165) is 5.56 Å². The number of carbonyl (C=O) groups excluding carboxylic acids is 3. The number of primary amides is 1. The van der Waals surface area contributed by atoms with Crippen LogP contribution in [0, 0.1) is 5.82 Å². The molecule has 2 atom stereocenters. The summed E-state index contributed by atoms with van der Waals surface area (Å²) in [5.41, 5.74) is 6.71. The van der Waals surface area contributed by atoms with Crippen LogP contribution in [0.5, 0.6) is 0 Å². The summed E-state index contributed by atoms with van der Waals surface area (Å²) in [5, 5.41) is 5.63. The SMILES string of the molecule is CC(=O)N[C@H](Cc1cccc(F)c1)C(=O)N[C@@H](Cc1ccc(Cl)cc1)C(N)=O. The number of carbonyl (C=O) groups is 3. The number of amides is 3. The van der Waals surface area contributed by atoms with E-state index < -0.39 is 35.6 Å². The second-order valence-corrected chi connectivity index (χ2v) is 6.82. The van der Waals surface area contributed by atoms with Gasteiger partial charge in [0.15, 0.2) is 0 Å². The van der Waals surface area contributed by atoms with Gasteiger partial charge >= 0.3 is 0 Å². The maximum absolute atomic E-state index is 13.4. The highest BCUT2D eigenvalue weighted by Gasteiger charge is 2.25. The highest BCUT2D eigenvalue weighted by Crippen LogP contribution is 2.12. The summed E-state index contributed by atoms with van der Waals surface area (Å²) in [6, 6.07) is 10.5. The largest absolute Gasteiger partial charge is 0.368 e. The first-order valence-corrected chi connectivity index (χ1v) is 8.98. The van der Waals surface area contributed by atoms with E-state index in [1.54, 1.807) is 30.3 Å². The number of nitrogens with two attached hydrogens (primary N) is 1. The van der Waals surface area contributed by atoms with Gasteiger partial charge in [-0.2, -0.15) is 0 Å². The van der Waals surface area contributed by atoms with Crippen molar-refractivity contribution in [2.24, 2.45) is 5.73 Å². The van der Waals surface area contributed by atoms with Crippen molar-refractivity contribution in [3.05, 3.63) is 70.5 Å². The van der Waals surface area contributed by atoms with Gasteiger partial charge in [0.05, 0.1) is 0 Å². The number of halogens is 2. The molecule has 0 aliphatic heterocycles. The molecular weight excluding hydrogens is 385 g/mol. The van der Waals surface area contributed by atoms with E-state index in [0.29, 0.717) is 10.6 Å². The number of benzene rings is 2. The molecule has 0 radical (unpaired) electrons. The van der Waals surface area contributed by atoms with Crippen LogP contribution < -0.4 is 16.4 Å². The zero-order chi connectivity index (χ0) is 20.7. The molecule has 0 bridgehead atoms. The quantitative estimate of drug-likeness (QED) is 0.623. The average molecular weight is 406 g/mol. The van der Waals surface area contributed by atoms with Crippen molar-refractivity contribution in [1.29, 1.82) is 0 Å². The highest BCUT2D eigenvalue weighted by atomic mass is 35.5. The van der Waals surface area contributed by atoms with Crippen LogP contribution in [-0.4, -0.2) is 29.8 Å². The predicted octanol–water partition coefficient (Wildman–Crippen LogP) is 1.74. The Kier molecular flexibility index (Phi) is 7.52. The topological polar surface area (TPSA) is 101 Å². The number of nitrogens with one attached hydrogen (secondary N) is 2. The Morgan fingerprint density at radius 1 is 1.00 bits per heavy atom. The Hall–Kier alpha value is -2.93. The van der Waals surface area contributed by atoms with Gasteiger partial charge in [0.25, 0.3) is 0 Å². The molecule has 0 unspecified atom stereocenters. The molecule has 0 heterocycles. The van der Waals surface area contributed by atoms with Gasteiger partial charge < -0.3 is 16.4 Å². The van der Waals surface area contributed by atoms with Crippen LogP contribution in [0.3, 0.4) is 0 Å². The Morgan fingerprint density at radius 2 is 1.64 bits per heavy atom. The lowest BCUT2D eigenvalue weighted by Crippen LogP contribution is -2.54. The lowest BCUT2D eigenvalue weighted by molar-refractivity contribution is -0.130. The van der Waals surface area contributed by atoms with Crippen molar-refractivity contribution in [2.45, 2.75) is 31.8 Å². The van der Waals surface area contributed by atoms with E-state index >= 15 is 0 Å². The summed E-state index contributed by atoms with van der Waals surface area (Å²) in [6.45, 7) is 1.27. The molecule has 0 spiro atoms. The molecule has 148 valence electrons. The first-order valence-electron chi connectivity index (χ1n) is 8.60. The minimum atomic E-state index is -0.980. The molecule has 3 amide bonds. The van der Waals surface area contributed by atoms with E-state index in [9.17, 15) is 18.8 Å². The summed E-state index contributed by atoms with van der Waals surface area (Å²) < 4.78 is 13.4. The normalized spacial score (nSPS) is 12.7. The number of hydrogen-bond acceptors (Lipinski definition) is 3. The van der Waals surface area contributed by atoms with Gasteiger partial charge in [0.1, 0.15) is 17.9 Å². The molecule has 2 rings (SSSR count). The molecule has 28 heavy (non-hydrogen) atoms. The maximum atomic E-state index is 13.4. The lowest BCUT2D eigenvalue weighted by Gasteiger charge is -2.22. The van der Waals surface area contributed by atoms with Gasteiger partial charge in [0.2, 0.25) is 17.7 Å². The van der Waals surface area contributed by atoms with E-state index in [4.69, 9.17) is 17.3 Å². The van der Waals surface area contributed by atoms with Crippen LogP contribution in [-0.2, 0) is 27.2 Å². The summed E-state index contributed by atoms with van der Waals surface area (Å²) in [6.07, 6.45) is 0.237. The second-order valence-electron chi connectivity index (χ2n) is 6.38. The fraction of sp³-hybridized carbons (Fsp3) is 0.250. The zero-order valence-electron chi connectivity index (χ0n) is 15.2. The van der Waals surface area contributed by atoms with Gasteiger partial charge in [-0.25, -0.2) is 4.39 Å². The molecule has 0 aliphatic rings. The minimum absolute atomic E-state index is 0.0651. The molecule has 0 aliphatic carbocycles. The molecule has 0 saturated heterocycles. The fourth-order valence-electron chi connectivity index (χ4n) is 2.71. The maximum Gasteiger partial charge on any atom is 0.243 e. The van der Waals surface area contributed by atoms with E-state index in [-0.39, 0.29) is 12.8 Å². The van der Waals surface area contributed by atoms with Crippen LogP contribution in [0.25, 0.3) is 0 Å². The Morgan fingerprint density at radius 3 is 2.21 bits per heavy atom. The third-order valence-electron chi connectivity index (χ3n) is 4.04. The van der Waals surface area contributed by atoms with Crippen LogP contribution in [0.2, 0.25) is 5.02 Å². The summed E-state index contributed by atoms with van der Waals surface area (Å²) in [7, 11) is 0. The van der Waals surface area contributed by atoms with Crippen LogP contribution >= 0.6 is 11.6 Å². The summed E-state index contributed by atoms with van der Waals surface area (Å²) >= 11 is 5.84. The second kappa shape index (κ2) is 9.85. The first-order chi connectivity index (χ1) is 13.2. The number of rotatable bonds is 8. The van der Waals surface area contributed by atoms with Crippen molar-refractivity contribution >= 4 is 29.3 Å². The first kappa shape index (κ1) is 21.4. The molecule has 4 N–H and O–H groups in total. The third kappa shape index (κ3) is 6.66. The summed E-state index contributed by atoms with van der Waals surface area (Å²) in [5.74, 6) is -2.17. The molecular formula is C20H21ClFN3O3.